The fourth-order valence-electron chi connectivity index (χ4n) is 1.74. The molecule has 7 heteroatoms. The van der Waals surface area contributed by atoms with Gasteiger partial charge in [0.25, 0.3) is 0 Å². The molecule has 17 heavy (non-hydrogen) atoms. The molecule has 0 saturated carbocycles. The summed E-state index contributed by atoms with van der Waals surface area (Å²) >= 11 is 0. The van der Waals surface area contributed by atoms with Gasteiger partial charge in [0.2, 0.25) is 10.0 Å². The summed E-state index contributed by atoms with van der Waals surface area (Å²) in [7, 11) is -3.49. The molecule has 92 valence electrons. The minimum Gasteiger partial charge on any atom is -0.481 e. The zero-order valence-electron chi connectivity index (χ0n) is 8.98. The number of sulfonamides is 1. The van der Waals surface area contributed by atoms with Crippen LogP contribution in [0.1, 0.15) is 6.42 Å². The van der Waals surface area contributed by atoms with Crippen molar-refractivity contribution in [3.8, 4) is 0 Å². The Morgan fingerprint density at radius 1 is 1.53 bits per heavy atom. The minimum absolute atomic E-state index is 0.0130. The van der Waals surface area contributed by atoms with Gasteiger partial charge in [-0.1, -0.05) is 0 Å². The number of hydrogen-bond donors (Lipinski definition) is 1. The largest absolute Gasteiger partial charge is 0.481 e. The van der Waals surface area contributed by atoms with Gasteiger partial charge in [0.1, 0.15) is 4.90 Å². The van der Waals surface area contributed by atoms with Crippen molar-refractivity contribution in [2.45, 2.75) is 11.3 Å². The summed E-state index contributed by atoms with van der Waals surface area (Å²) < 4.78 is 25.2. The lowest BCUT2D eigenvalue weighted by Gasteiger charge is -2.37. The van der Waals surface area contributed by atoms with Crippen molar-refractivity contribution in [2.75, 3.05) is 13.1 Å². The molecule has 1 fully saturated rings. The van der Waals surface area contributed by atoms with Crippen molar-refractivity contribution in [3.05, 3.63) is 24.5 Å². The smallest absolute Gasteiger partial charge is 0.303 e. The van der Waals surface area contributed by atoms with Gasteiger partial charge in [-0.15, -0.1) is 0 Å². The van der Waals surface area contributed by atoms with Crippen LogP contribution in [0.15, 0.2) is 29.4 Å². The molecular weight excluding hydrogens is 244 g/mol. The monoisotopic (exact) mass is 256 g/mol. The Balaban J connectivity index is 2.04. The number of pyridine rings is 1. The molecule has 0 radical (unpaired) electrons. The first-order valence-electron chi connectivity index (χ1n) is 5.12. The molecule has 0 unspecified atom stereocenters. The Bertz CT molecular complexity index is 508. The minimum atomic E-state index is -3.49. The van der Waals surface area contributed by atoms with Gasteiger partial charge >= 0.3 is 5.97 Å². The highest BCUT2D eigenvalue weighted by Crippen LogP contribution is 2.26. The molecular formula is C10H12N2O4S. The highest BCUT2D eigenvalue weighted by atomic mass is 32.2. The molecule has 0 atom stereocenters. The summed E-state index contributed by atoms with van der Waals surface area (Å²) in [6.07, 6.45) is 2.81. The standard InChI is InChI=1S/C10H12N2O4S/c13-10(14)4-8-6-12(7-8)17(15,16)9-2-1-3-11-5-9/h1-3,5,8H,4,6-7H2,(H,13,14). The van der Waals surface area contributed by atoms with E-state index >= 15 is 0 Å². The molecule has 1 N–H and O–H groups in total. The van der Waals surface area contributed by atoms with Crippen LogP contribution in [0.3, 0.4) is 0 Å². The highest BCUT2D eigenvalue weighted by Gasteiger charge is 2.37. The van der Waals surface area contributed by atoms with Crippen LogP contribution >= 0.6 is 0 Å². The molecule has 0 bridgehead atoms. The maximum atomic E-state index is 12.0. The summed E-state index contributed by atoms with van der Waals surface area (Å²) in [4.78, 5) is 14.4. The number of aliphatic carboxylic acids is 1. The van der Waals surface area contributed by atoms with E-state index in [2.05, 4.69) is 4.98 Å². The van der Waals surface area contributed by atoms with Gasteiger partial charge in [-0.25, -0.2) is 8.42 Å². The van der Waals surface area contributed by atoms with Gasteiger partial charge in [-0.3, -0.25) is 9.78 Å². The SMILES string of the molecule is O=C(O)CC1CN(S(=O)(=O)c2cccnc2)C1. The Labute approximate surface area is 98.9 Å². The predicted octanol–water partition coefficient (Wildman–Crippen LogP) is 0.177. The lowest BCUT2D eigenvalue weighted by atomic mass is 10.00. The molecule has 6 nitrogen and oxygen atoms in total. The van der Waals surface area contributed by atoms with E-state index in [1.54, 1.807) is 6.07 Å². The van der Waals surface area contributed by atoms with Crippen LogP contribution in [0.2, 0.25) is 0 Å². The first-order chi connectivity index (χ1) is 8.00. The Hall–Kier alpha value is -1.47. The van der Waals surface area contributed by atoms with Gasteiger partial charge in [-0.05, 0) is 18.1 Å². The number of hydrogen-bond acceptors (Lipinski definition) is 4. The van der Waals surface area contributed by atoms with E-state index in [-0.39, 0.29) is 30.3 Å². The first kappa shape index (κ1) is 12.0. The number of aromatic nitrogens is 1. The molecule has 2 heterocycles. The van der Waals surface area contributed by atoms with E-state index in [1.807, 2.05) is 0 Å². The Morgan fingerprint density at radius 2 is 2.24 bits per heavy atom. The van der Waals surface area contributed by atoms with E-state index in [0.717, 1.165) is 0 Å². The topological polar surface area (TPSA) is 87.6 Å². The van der Waals surface area contributed by atoms with Crippen molar-refractivity contribution in [3.63, 3.8) is 0 Å². The number of carboxylic acid groups (broad SMARTS) is 1. The second-order valence-corrected chi connectivity index (χ2v) is 5.91. The third-order valence-electron chi connectivity index (χ3n) is 2.66. The molecule has 2 rings (SSSR count). The maximum absolute atomic E-state index is 12.0. The molecule has 1 aliphatic heterocycles. The number of nitrogens with zero attached hydrogens (tertiary/aromatic N) is 2. The van der Waals surface area contributed by atoms with Crippen molar-refractivity contribution >= 4 is 16.0 Å². The Kier molecular flexibility index (Phi) is 3.12. The van der Waals surface area contributed by atoms with E-state index in [9.17, 15) is 13.2 Å². The molecule has 0 aromatic carbocycles. The molecule has 1 aromatic rings. The molecule has 1 aliphatic rings. The highest BCUT2D eigenvalue weighted by molar-refractivity contribution is 7.89. The second kappa shape index (κ2) is 4.42. The molecule has 0 spiro atoms. The summed E-state index contributed by atoms with van der Waals surface area (Å²) in [5, 5.41) is 8.58. The van der Waals surface area contributed by atoms with Crippen molar-refractivity contribution in [1.82, 2.24) is 9.29 Å². The van der Waals surface area contributed by atoms with Crippen molar-refractivity contribution in [2.24, 2.45) is 5.92 Å². The molecule has 0 amide bonds. The number of carbonyl (C=O) groups is 1. The van der Waals surface area contributed by atoms with Gasteiger partial charge in [0.15, 0.2) is 0 Å². The summed E-state index contributed by atoms with van der Waals surface area (Å²) in [6, 6.07) is 3.04. The molecule has 0 aliphatic carbocycles. The fraction of sp³-hybridized carbons (Fsp3) is 0.400. The molecule has 1 aromatic heterocycles. The summed E-state index contributed by atoms with van der Waals surface area (Å²) in [6.45, 7) is 0.535. The fourth-order valence-corrected chi connectivity index (χ4v) is 3.30. The number of rotatable bonds is 4. The third-order valence-corrected chi connectivity index (χ3v) is 4.47. The maximum Gasteiger partial charge on any atom is 0.303 e. The summed E-state index contributed by atoms with van der Waals surface area (Å²) in [5.74, 6) is -0.979. The molecule has 1 saturated heterocycles. The van der Waals surface area contributed by atoms with Crippen LogP contribution < -0.4 is 0 Å². The van der Waals surface area contributed by atoms with Crippen molar-refractivity contribution in [1.29, 1.82) is 0 Å². The normalized spacial score (nSPS) is 17.6. The second-order valence-electron chi connectivity index (χ2n) is 3.97. The van der Waals surface area contributed by atoms with E-state index in [0.29, 0.717) is 0 Å². The Morgan fingerprint density at radius 3 is 2.76 bits per heavy atom. The van der Waals surface area contributed by atoms with Gasteiger partial charge in [0.05, 0.1) is 6.42 Å². The van der Waals surface area contributed by atoms with E-state index in [4.69, 9.17) is 5.11 Å². The van der Waals surface area contributed by atoms with E-state index < -0.39 is 16.0 Å². The van der Waals surface area contributed by atoms with Gasteiger partial charge < -0.3 is 5.11 Å². The number of carboxylic acids is 1. The van der Waals surface area contributed by atoms with Crippen molar-refractivity contribution < 1.29 is 18.3 Å². The van der Waals surface area contributed by atoms with Gasteiger partial charge in [0, 0.05) is 25.5 Å². The third kappa shape index (κ3) is 2.45. The lowest BCUT2D eigenvalue weighted by molar-refractivity contribution is -0.139. The zero-order chi connectivity index (χ0) is 12.5. The van der Waals surface area contributed by atoms with Crippen LogP contribution in [0.4, 0.5) is 0 Å². The average molecular weight is 256 g/mol. The van der Waals surface area contributed by atoms with E-state index in [1.165, 1.54) is 22.8 Å². The van der Waals surface area contributed by atoms with Gasteiger partial charge in [-0.2, -0.15) is 4.31 Å². The van der Waals surface area contributed by atoms with Crippen LogP contribution in [0.25, 0.3) is 0 Å². The van der Waals surface area contributed by atoms with Crippen LogP contribution in [0, 0.1) is 5.92 Å². The summed E-state index contributed by atoms with van der Waals surface area (Å²) in [5.41, 5.74) is 0. The average Bonchev–Trinajstić information content (AvgIpc) is 2.23. The predicted molar refractivity (Wildman–Crippen MR) is 58.7 cm³/mol. The van der Waals surface area contributed by atoms with Crippen LogP contribution in [0.5, 0.6) is 0 Å². The lowest BCUT2D eigenvalue weighted by Crippen LogP contribution is -2.50. The quantitative estimate of drug-likeness (QED) is 0.830. The van der Waals surface area contributed by atoms with Crippen LogP contribution in [-0.4, -0.2) is 41.9 Å². The first-order valence-corrected chi connectivity index (χ1v) is 6.56. The van der Waals surface area contributed by atoms with Crippen LogP contribution in [-0.2, 0) is 14.8 Å². The zero-order valence-corrected chi connectivity index (χ0v) is 9.80.